The van der Waals surface area contributed by atoms with E-state index in [-0.39, 0.29) is 11.4 Å². The van der Waals surface area contributed by atoms with Crippen molar-refractivity contribution in [3.63, 3.8) is 0 Å². The predicted molar refractivity (Wildman–Crippen MR) is 80.1 cm³/mol. The smallest absolute Gasteiger partial charge is 0.224 e. The van der Waals surface area contributed by atoms with Crippen molar-refractivity contribution in [2.75, 3.05) is 6.54 Å². The summed E-state index contributed by atoms with van der Waals surface area (Å²) in [5.74, 6) is 0.0467. The monoisotopic (exact) mass is 262 g/mol. The summed E-state index contributed by atoms with van der Waals surface area (Å²) in [6, 6.07) is 6.20. The molecule has 0 aliphatic rings. The topological polar surface area (TPSA) is 55.1 Å². The molecular formula is C16H26N2O. The van der Waals surface area contributed by atoms with Gasteiger partial charge in [0, 0.05) is 12.1 Å². The third-order valence-corrected chi connectivity index (χ3v) is 3.90. The Morgan fingerprint density at radius 3 is 2.47 bits per heavy atom. The second kappa shape index (κ2) is 6.71. The van der Waals surface area contributed by atoms with Gasteiger partial charge in [-0.05, 0) is 37.8 Å². The molecule has 0 saturated heterocycles. The molecule has 0 bridgehead atoms. The summed E-state index contributed by atoms with van der Waals surface area (Å²) in [5.41, 5.74) is 9.33. The Morgan fingerprint density at radius 2 is 1.89 bits per heavy atom. The van der Waals surface area contributed by atoms with Crippen LogP contribution in [0.3, 0.4) is 0 Å². The number of rotatable bonds is 6. The maximum absolute atomic E-state index is 12.0. The molecule has 3 nitrogen and oxygen atoms in total. The molecule has 1 rings (SSSR count). The summed E-state index contributed by atoms with van der Waals surface area (Å²) >= 11 is 0. The predicted octanol–water partition coefficient (Wildman–Crippen LogP) is 2.48. The van der Waals surface area contributed by atoms with Crippen LogP contribution in [-0.2, 0) is 11.2 Å². The van der Waals surface area contributed by atoms with E-state index >= 15 is 0 Å². The van der Waals surface area contributed by atoms with Gasteiger partial charge in [0.1, 0.15) is 0 Å². The number of amides is 1. The number of benzene rings is 1. The van der Waals surface area contributed by atoms with Crippen LogP contribution >= 0.6 is 0 Å². The van der Waals surface area contributed by atoms with Gasteiger partial charge in [-0.15, -0.1) is 0 Å². The maximum atomic E-state index is 12.0. The highest BCUT2D eigenvalue weighted by Gasteiger charge is 2.20. The van der Waals surface area contributed by atoms with Crippen molar-refractivity contribution < 1.29 is 4.79 Å². The van der Waals surface area contributed by atoms with Crippen LogP contribution in [0, 0.1) is 13.8 Å². The molecule has 19 heavy (non-hydrogen) atoms. The molecule has 3 heteroatoms. The van der Waals surface area contributed by atoms with Crippen molar-refractivity contribution in [3.05, 3.63) is 34.9 Å². The fourth-order valence-corrected chi connectivity index (χ4v) is 2.00. The second-order valence-corrected chi connectivity index (χ2v) is 5.45. The molecule has 0 unspecified atom stereocenters. The number of hydrogen-bond acceptors (Lipinski definition) is 2. The van der Waals surface area contributed by atoms with Crippen molar-refractivity contribution >= 4 is 5.91 Å². The molecule has 0 atom stereocenters. The lowest BCUT2D eigenvalue weighted by Crippen LogP contribution is -2.49. The Bertz CT molecular complexity index is 436. The highest BCUT2D eigenvalue weighted by atomic mass is 16.1. The first kappa shape index (κ1) is 15.7. The minimum Gasteiger partial charge on any atom is -0.354 e. The SMILES string of the molecule is CCC(N)(CC)CNC(=O)Cc1cc(C)ccc1C. The van der Waals surface area contributed by atoms with Gasteiger partial charge in [0.25, 0.3) is 0 Å². The summed E-state index contributed by atoms with van der Waals surface area (Å²) in [6.07, 6.45) is 2.16. The van der Waals surface area contributed by atoms with Gasteiger partial charge >= 0.3 is 0 Å². The van der Waals surface area contributed by atoms with Gasteiger partial charge in [-0.3, -0.25) is 4.79 Å². The Balaban J connectivity index is 2.58. The molecule has 1 aromatic rings. The third-order valence-electron chi connectivity index (χ3n) is 3.90. The van der Waals surface area contributed by atoms with Crippen LogP contribution in [0.25, 0.3) is 0 Å². The lowest BCUT2D eigenvalue weighted by molar-refractivity contribution is -0.120. The summed E-state index contributed by atoms with van der Waals surface area (Å²) in [5, 5.41) is 2.96. The Kier molecular flexibility index (Phi) is 5.55. The second-order valence-electron chi connectivity index (χ2n) is 5.45. The van der Waals surface area contributed by atoms with E-state index in [2.05, 4.69) is 37.4 Å². The Labute approximate surface area is 116 Å². The molecule has 0 radical (unpaired) electrons. The average Bonchev–Trinajstić information content (AvgIpc) is 2.40. The van der Waals surface area contributed by atoms with E-state index in [1.807, 2.05) is 13.8 Å². The number of carbonyl (C=O) groups is 1. The number of nitrogens with two attached hydrogens (primary N) is 1. The minimum atomic E-state index is -0.280. The van der Waals surface area contributed by atoms with Crippen molar-refractivity contribution in [1.82, 2.24) is 5.32 Å². The van der Waals surface area contributed by atoms with Crippen LogP contribution < -0.4 is 11.1 Å². The average molecular weight is 262 g/mol. The van der Waals surface area contributed by atoms with Gasteiger partial charge in [0.2, 0.25) is 5.91 Å². The molecule has 0 spiro atoms. The summed E-state index contributed by atoms with van der Waals surface area (Å²) in [7, 11) is 0. The van der Waals surface area contributed by atoms with Crippen LogP contribution in [-0.4, -0.2) is 18.0 Å². The number of nitrogens with one attached hydrogen (secondary N) is 1. The Hall–Kier alpha value is -1.35. The molecule has 1 aromatic carbocycles. The highest BCUT2D eigenvalue weighted by molar-refractivity contribution is 5.79. The van der Waals surface area contributed by atoms with E-state index < -0.39 is 0 Å². The quantitative estimate of drug-likeness (QED) is 0.827. The van der Waals surface area contributed by atoms with Gasteiger partial charge < -0.3 is 11.1 Å². The van der Waals surface area contributed by atoms with E-state index in [1.165, 1.54) is 5.56 Å². The minimum absolute atomic E-state index is 0.0467. The van der Waals surface area contributed by atoms with Crippen molar-refractivity contribution in [2.24, 2.45) is 5.73 Å². The highest BCUT2D eigenvalue weighted by Crippen LogP contribution is 2.12. The zero-order valence-electron chi connectivity index (χ0n) is 12.5. The summed E-state index contributed by atoms with van der Waals surface area (Å²) < 4.78 is 0. The molecule has 0 fully saturated rings. The lowest BCUT2D eigenvalue weighted by Gasteiger charge is -2.26. The standard InChI is InChI=1S/C16H26N2O/c1-5-16(17,6-2)11-18-15(19)10-14-9-12(3)7-8-13(14)4/h7-9H,5-6,10-11,17H2,1-4H3,(H,18,19). The van der Waals surface area contributed by atoms with E-state index in [0.29, 0.717) is 13.0 Å². The zero-order chi connectivity index (χ0) is 14.5. The van der Waals surface area contributed by atoms with Crippen LogP contribution in [0.2, 0.25) is 0 Å². The number of hydrogen-bond donors (Lipinski definition) is 2. The molecule has 106 valence electrons. The van der Waals surface area contributed by atoms with Gasteiger partial charge in [0.05, 0.1) is 6.42 Å². The van der Waals surface area contributed by atoms with Gasteiger partial charge in [-0.2, -0.15) is 0 Å². The zero-order valence-corrected chi connectivity index (χ0v) is 12.5. The summed E-state index contributed by atoms with van der Waals surface area (Å²) in [4.78, 5) is 12.0. The van der Waals surface area contributed by atoms with Gasteiger partial charge in [0.15, 0.2) is 0 Å². The number of carbonyl (C=O) groups excluding carboxylic acids is 1. The van der Waals surface area contributed by atoms with Gasteiger partial charge in [-0.25, -0.2) is 0 Å². The normalized spacial score (nSPS) is 11.4. The molecule has 3 N–H and O–H groups in total. The molecule has 0 aliphatic carbocycles. The maximum Gasteiger partial charge on any atom is 0.224 e. The molecular weight excluding hydrogens is 236 g/mol. The van der Waals surface area contributed by atoms with Crippen LogP contribution in [0.5, 0.6) is 0 Å². The first-order valence-electron chi connectivity index (χ1n) is 7.02. The fourth-order valence-electron chi connectivity index (χ4n) is 2.00. The van der Waals surface area contributed by atoms with Crippen LogP contribution in [0.1, 0.15) is 43.4 Å². The van der Waals surface area contributed by atoms with Crippen molar-refractivity contribution in [1.29, 1.82) is 0 Å². The van der Waals surface area contributed by atoms with Crippen LogP contribution in [0.15, 0.2) is 18.2 Å². The van der Waals surface area contributed by atoms with Crippen LogP contribution in [0.4, 0.5) is 0 Å². The third kappa shape index (κ3) is 4.67. The molecule has 0 heterocycles. The first-order chi connectivity index (χ1) is 8.90. The largest absolute Gasteiger partial charge is 0.354 e. The van der Waals surface area contributed by atoms with Crippen molar-refractivity contribution in [3.8, 4) is 0 Å². The molecule has 0 aliphatic heterocycles. The molecule has 0 saturated carbocycles. The molecule has 0 aromatic heterocycles. The van der Waals surface area contributed by atoms with E-state index in [0.717, 1.165) is 24.0 Å². The van der Waals surface area contributed by atoms with E-state index in [1.54, 1.807) is 0 Å². The number of aryl methyl sites for hydroxylation is 2. The fraction of sp³-hybridized carbons (Fsp3) is 0.562. The Morgan fingerprint density at radius 1 is 1.26 bits per heavy atom. The summed E-state index contributed by atoms with van der Waals surface area (Å²) in [6.45, 7) is 8.73. The van der Waals surface area contributed by atoms with Gasteiger partial charge in [-0.1, -0.05) is 37.6 Å². The lowest BCUT2D eigenvalue weighted by atomic mass is 9.94. The van der Waals surface area contributed by atoms with E-state index in [9.17, 15) is 4.79 Å². The first-order valence-corrected chi connectivity index (χ1v) is 7.02. The van der Waals surface area contributed by atoms with E-state index in [4.69, 9.17) is 5.73 Å². The van der Waals surface area contributed by atoms with Crippen molar-refractivity contribution in [2.45, 2.75) is 52.5 Å². The molecule has 1 amide bonds.